The summed E-state index contributed by atoms with van der Waals surface area (Å²) in [6.07, 6.45) is 2.60. The number of rotatable bonds is 3. The van der Waals surface area contributed by atoms with Crippen LogP contribution in [0.5, 0.6) is 5.75 Å². The summed E-state index contributed by atoms with van der Waals surface area (Å²) in [5, 5.41) is 9.42. The largest absolute Gasteiger partial charge is 0.506 e. The van der Waals surface area contributed by atoms with Gasteiger partial charge in [0.05, 0.1) is 30.1 Å². The van der Waals surface area contributed by atoms with Crippen molar-refractivity contribution in [2.24, 2.45) is 0 Å². The fraction of sp³-hybridized carbons (Fsp3) is 0.571. The summed E-state index contributed by atoms with van der Waals surface area (Å²) in [5.41, 5.74) is -0.0553. The van der Waals surface area contributed by atoms with Crippen LogP contribution in [0.2, 0.25) is 0 Å². The Bertz CT molecular complexity index is 490. The van der Waals surface area contributed by atoms with Gasteiger partial charge in [-0.2, -0.15) is 0 Å². The molecule has 2 rings (SSSR count). The fourth-order valence-corrected chi connectivity index (χ4v) is 2.45. The Labute approximate surface area is 118 Å². The van der Waals surface area contributed by atoms with Gasteiger partial charge in [-0.25, -0.2) is 0 Å². The van der Waals surface area contributed by atoms with Gasteiger partial charge in [0, 0.05) is 26.4 Å². The van der Waals surface area contributed by atoms with Crippen molar-refractivity contribution in [3.8, 4) is 5.75 Å². The number of carbonyl (C=O) groups excluding carboxylic acids is 1. The zero-order valence-corrected chi connectivity index (χ0v) is 12.0. The minimum atomic E-state index is -0.429. The van der Waals surface area contributed by atoms with E-state index in [1.165, 1.54) is 18.5 Å². The Kier molecular flexibility index (Phi) is 4.25. The molecule has 0 saturated carbocycles. The quantitative estimate of drug-likeness (QED) is 0.896. The first-order chi connectivity index (χ1) is 9.41. The molecule has 0 aliphatic carbocycles. The van der Waals surface area contributed by atoms with Crippen molar-refractivity contribution < 1.29 is 19.4 Å². The fourth-order valence-electron chi connectivity index (χ4n) is 2.45. The highest BCUT2D eigenvalue weighted by Crippen LogP contribution is 2.23. The predicted octanol–water partition coefficient (Wildman–Crippen LogP) is 1.05. The van der Waals surface area contributed by atoms with E-state index in [-0.39, 0.29) is 17.8 Å². The first kappa shape index (κ1) is 14.7. The van der Waals surface area contributed by atoms with Gasteiger partial charge in [0.15, 0.2) is 0 Å². The Morgan fingerprint density at radius 2 is 2.35 bits per heavy atom. The summed E-state index contributed by atoms with van der Waals surface area (Å²) in [5.74, 6) is -0.178. The lowest BCUT2D eigenvalue weighted by molar-refractivity contribution is -0.143. The molecule has 6 heteroatoms. The minimum absolute atomic E-state index is 0.0168. The Morgan fingerprint density at radius 1 is 1.60 bits per heavy atom. The summed E-state index contributed by atoms with van der Waals surface area (Å²) >= 11 is 0. The average Bonchev–Trinajstić information content (AvgIpc) is 2.36. The van der Waals surface area contributed by atoms with E-state index in [0.717, 1.165) is 0 Å². The van der Waals surface area contributed by atoms with E-state index in [0.29, 0.717) is 25.3 Å². The molecule has 0 unspecified atom stereocenters. The monoisotopic (exact) mass is 280 g/mol. The van der Waals surface area contributed by atoms with E-state index in [9.17, 15) is 9.90 Å². The van der Waals surface area contributed by atoms with Crippen molar-refractivity contribution in [1.29, 1.82) is 0 Å². The molecular weight excluding hydrogens is 260 g/mol. The lowest BCUT2D eigenvalue weighted by atomic mass is 10.0. The minimum Gasteiger partial charge on any atom is -0.506 e. The van der Waals surface area contributed by atoms with Crippen LogP contribution in [0.1, 0.15) is 24.2 Å². The van der Waals surface area contributed by atoms with E-state index in [1.54, 1.807) is 12.0 Å². The van der Waals surface area contributed by atoms with Crippen LogP contribution < -0.4 is 0 Å². The first-order valence-electron chi connectivity index (χ1n) is 6.51. The number of aromatic hydroxyl groups is 1. The SMILES string of the molecule is COC[C@@H]1CN(C(=O)c2cncc(O)c2)CC(C)(C)O1. The van der Waals surface area contributed by atoms with Gasteiger partial charge in [-0.3, -0.25) is 9.78 Å². The van der Waals surface area contributed by atoms with Crippen molar-refractivity contribution in [3.63, 3.8) is 0 Å². The normalized spacial score (nSPS) is 21.8. The van der Waals surface area contributed by atoms with Crippen molar-refractivity contribution in [2.75, 3.05) is 26.8 Å². The second-order valence-corrected chi connectivity index (χ2v) is 5.57. The number of carbonyl (C=O) groups is 1. The number of amides is 1. The number of pyridine rings is 1. The molecule has 0 aromatic carbocycles. The van der Waals surface area contributed by atoms with Crippen molar-refractivity contribution >= 4 is 5.91 Å². The van der Waals surface area contributed by atoms with Crippen LogP contribution in [-0.2, 0) is 9.47 Å². The third-order valence-electron chi connectivity index (χ3n) is 3.09. The molecule has 1 amide bonds. The smallest absolute Gasteiger partial charge is 0.255 e. The van der Waals surface area contributed by atoms with E-state index in [2.05, 4.69) is 4.98 Å². The highest BCUT2D eigenvalue weighted by Gasteiger charge is 2.36. The zero-order valence-electron chi connectivity index (χ0n) is 12.0. The molecule has 6 nitrogen and oxygen atoms in total. The zero-order chi connectivity index (χ0) is 14.8. The van der Waals surface area contributed by atoms with Gasteiger partial charge in [-0.15, -0.1) is 0 Å². The van der Waals surface area contributed by atoms with E-state index in [1.807, 2.05) is 13.8 Å². The molecule has 1 aliphatic rings. The first-order valence-corrected chi connectivity index (χ1v) is 6.51. The summed E-state index contributed by atoms with van der Waals surface area (Å²) in [6, 6.07) is 1.42. The molecule has 1 aromatic heterocycles. The lowest BCUT2D eigenvalue weighted by Gasteiger charge is -2.42. The molecule has 0 radical (unpaired) electrons. The van der Waals surface area contributed by atoms with Gasteiger partial charge in [0.2, 0.25) is 0 Å². The second kappa shape index (κ2) is 5.76. The molecule has 1 aromatic rings. The van der Waals surface area contributed by atoms with E-state index in [4.69, 9.17) is 9.47 Å². The molecule has 110 valence electrons. The predicted molar refractivity (Wildman–Crippen MR) is 72.6 cm³/mol. The van der Waals surface area contributed by atoms with Gasteiger partial charge in [-0.05, 0) is 19.9 Å². The summed E-state index contributed by atoms with van der Waals surface area (Å²) < 4.78 is 11.0. The van der Waals surface area contributed by atoms with Crippen LogP contribution in [0.25, 0.3) is 0 Å². The molecule has 1 aliphatic heterocycles. The molecule has 0 spiro atoms. The maximum absolute atomic E-state index is 12.5. The van der Waals surface area contributed by atoms with Crippen molar-refractivity contribution in [2.45, 2.75) is 25.6 Å². The summed E-state index contributed by atoms with van der Waals surface area (Å²) in [6.45, 7) is 5.27. The summed E-state index contributed by atoms with van der Waals surface area (Å²) in [4.78, 5) is 18.0. The van der Waals surface area contributed by atoms with Crippen LogP contribution in [0, 0.1) is 0 Å². The number of ether oxygens (including phenoxy) is 2. The highest BCUT2D eigenvalue weighted by molar-refractivity contribution is 5.94. The van der Waals surface area contributed by atoms with Crippen LogP contribution in [0.4, 0.5) is 0 Å². The van der Waals surface area contributed by atoms with Gasteiger partial charge < -0.3 is 19.5 Å². The Hall–Kier alpha value is -1.66. The number of morpholine rings is 1. The topological polar surface area (TPSA) is 71.9 Å². The number of aromatic nitrogens is 1. The van der Waals surface area contributed by atoms with Crippen LogP contribution in [-0.4, -0.2) is 59.4 Å². The number of hydrogen-bond acceptors (Lipinski definition) is 5. The molecule has 20 heavy (non-hydrogen) atoms. The standard InChI is InChI=1S/C14H20N2O4/c1-14(2)9-16(7-12(20-14)8-19-3)13(18)10-4-11(17)6-15-5-10/h4-6,12,17H,7-9H2,1-3H3/t12-/m0/s1. The molecule has 1 N–H and O–H groups in total. The van der Waals surface area contributed by atoms with Gasteiger partial charge in [-0.1, -0.05) is 0 Å². The van der Waals surface area contributed by atoms with Crippen molar-refractivity contribution in [1.82, 2.24) is 9.88 Å². The highest BCUT2D eigenvalue weighted by atomic mass is 16.5. The Balaban J connectivity index is 2.16. The molecule has 1 saturated heterocycles. The van der Waals surface area contributed by atoms with Crippen LogP contribution >= 0.6 is 0 Å². The molecule has 2 heterocycles. The summed E-state index contributed by atoms with van der Waals surface area (Å²) in [7, 11) is 1.61. The number of nitrogens with zero attached hydrogens (tertiary/aromatic N) is 2. The van der Waals surface area contributed by atoms with Gasteiger partial charge >= 0.3 is 0 Å². The molecular formula is C14H20N2O4. The molecule has 1 atom stereocenters. The maximum atomic E-state index is 12.5. The van der Waals surface area contributed by atoms with E-state index >= 15 is 0 Å². The van der Waals surface area contributed by atoms with Crippen molar-refractivity contribution in [3.05, 3.63) is 24.0 Å². The number of methoxy groups -OCH3 is 1. The lowest BCUT2D eigenvalue weighted by Crippen LogP contribution is -2.55. The van der Waals surface area contributed by atoms with E-state index < -0.39 is 5.60 Å². The second-order valence-electron chi connectivity index (χ2n) is 5.57. The van der Waals surface area contributed by atoms with Gasteiger partial charge in [0.25, 0.3) is 5.91 Å². The third kappa shape index (κ3) is 3.46. The number of hydrogen-bond donors (Lipinski definition) is 1. The van der Waals surface area contributed by atoms with Crippen LogP contribution in [0.3, 0.4) is 0 Å². The average molecular weight is 280 g/mol. The van der Waals surface area contributed by atoms with Crippen LogP contribution in [0.15, 0.2) is 18.5 Å². The van der Waals surface area contributed by atoms with Gasteiger partial charge in [0.1, 0.15) is 5.75 Å². The maximum Gasteiger partial charge on any atom is 0.255 e. The molecule has 0 bridgehead atoms. The third-order valence-corrected chi connectivity index (χ3v) is 3.09. The Morgan fingerprint density at radius 3 is 3.00 bits per heavy atom. The molecule has 1 fully saturated rings.